The molecule has 7 nitrogen and oxygen atoms in total. The number of nitrogens with zero attached hydrogens (tertiary/aromatic N) is 5. The maximum atomic E-state index is 12.6. The predicted octanol–water partition coefficient (Wildman–Crippen LogP) is 2.71. The largest absolute Gasteiger partial charge is 0.352 e. The lowest BCUT2D eigenvalue weighted by Gasteiger charge is -2.29. The summed E-state index contributed by atoms with van der Waals surface area (Å²) in [7, 11) is 0. The van der Waals surface area contributed by atoms with Gasteiger partial charge in [-0.25, -0.2) is 9.67 Å². The van der Waals surface area contributed by atoms with Crippen LogP contribution in [0.3, 0.4) is 0 Å². The van der Waals surface area contributed by atoms with E-state index in [2.05, 4.69) is 21.5 Å². The lowest BCUT2D eigenvalue weighted by atomic mass is 9.91. The van der Waals surface area contributed by atoms with Crippen molar-refractivity contribution in [3.05, 3.63) is 48.2 Å². The highest BCUT2D eigenvalue weighted by Gasteiger charge is 2.24. The molecule has 1 aromatic carbocycles. The van der Waals surface area contributed by atoms with Crippen LogP contribution in [0.1, 0.15) is 43.0 Å². The van der Waals surface area contributed by atoms with Crippen LogP contribution in [0, 0.1) is 18.3 Å². The molecule has 1 amide bonds. The summed E-state index contributed by atoms with van der Waals surface area (Å²) in [5.74, 6) is -0.00690. The predicted molar refractivity (Wildman–Crippen MR) is 101 cm³/mol. The number of fused-ring (bicyclic) bond motifs is 1. The van der Waals surface area contributed by atoms with Crippen LogP contribution in [0.2, 0.25) is 0 Å². The zero-order valence-electron chi connectivity index (χ0n) is 15.3. The summed E-state index contributed by atoms with van der Waals surface area (Å²) in [5.41, 5.74) is 2.41. The van der Waals surface area contributed by atoms with Crippen molar-refractivity contribution < 1.29 is 4.79 Å². The molecule has 1 aliphatic rings. The number of benzene rings is 1. The van der Waals surface area contributed by atoms with Crippen molar-refractivity contribution in [3.63, 3.8) is 0 Å². The molecule has 1 fully saturated rings. The number of hydrogen-bond acceptors (Lipinski definition) is 4. The normalized spacial score (nSPS) is 19.7. The van der Waals surface area contributed by atoms with Gasteiger partial charge < -0.3 is 9.88 Å². The second-order valence-corrected chi connectivity index (χ2v) is 7.12. The van der Waals surface area contributed by atoms with Crippen molar-refractivity contribution in [2.75, 3.05) is 0 Å². The Morgan fingerprint density at radius 2 is 2.07 bits per heavy atom. The number of carbonyl (C=O) groups is 1. The van der Waals surface area contributed by atoms with E-state index < -0.39 is 0 Å². The number of nitrogens with one attached hydrogen (secondary N) is 1. The topological polar surface area (TPSA) is 88.5 Å². The highest BCUT2D eigenvalue weighted by Crippen LogP contribution is 2.28. The molecule has 0 spiro atoms. The standard InChI is InChI=1S/C20H22N6O/c1-14-18(10-21)17-4-2-3-5-19(17)25(14)11-20(27)24-15-6-8-16(9-7-15)26-13-22-12-23-26/h2-5,12-13,15-16H,6-9,11H2,1H3,(H,24,27). The number of carbonyl (C=O) groups excluding carboxylic acids is 1. The SMILES string of the molecule is Cc1c(C#N)c2ccccc2n1CC(=O)NC1CCC(n2cncn2)CC1. The van der Waals surface area contributed by atoms with Crippen LogP contribution in [0.15, 0.2) is 36.9 Å². The van der Waals surface area contributed by atoms with Crippen LogP contribution in [-0.2, 0) is 11.3 Å². The number of nitriles is 1. The van der Waals surface area contributed by atoms with Gasteiger partial charge in [0.1, 0.15) is 25.3 Å². The van der Waals surface area contributed by atoms with Gasteiger partial charge in [-0.3, -0.25) is 4.79 Å². The van der Waals surface area contributed by atoms with E-state index in [4.69, 9.17) is 0 Å². The number of hydrogen-bond donors (Lipinski definition) is 1. The first-order valence-corrected chi connectivity index (χ1v) is 9.28. The van der Waals surface area contributed by atoms with Crippen LogP contribution in [0.4, 0.5) is 0 Å². The summed E-state index contributed by atoms with van der Waals surface area (Å²) in [6.45, 7) is 2.13. The van der Waals surface area contributed by atoms with Gasteiger partial charge >= 0.3 is 0 Å². The van der Waals surface area contributed by atoms with E-state index in [-0.39, 0.29) is 18.5 Å². The number of aromatic nitrogens is 4. The van der Waals surface area contributed by atoms with Gasteiger partial charge in [0.15, 0.2) is 0 Å². The van der Waals surface area contributed by atoms with Crippen molar-refractivity contribution in [2.45, 2.75) is 51.2 Å². The molecule has 1 N–H and O–H groups in total. The first-order valence-electron chi connectivity index (χ1n) is 9.28. The van der Waals surface area contributed by atoms with E-state index in [9.17, 15) is 10.1 Å². The quantitative estimate of drug-likeness (QED) is 0.773. The van der Waals surface area contributed by atoms with Crippen molar-refractivity contribution in [2.24, 2.45) is 0 Å². The third kappa shape index (κ3) is 3.31. The molecule has 138 valence electrons. The third-order valence-corrected chi connectivity index (χ3v) is 5.52. The fraction of sp³-hybridized carbons (Fsp3) is 0.400. The molecule has 0 bridgehead atoms. The molecule has 4 rings (SSSR count). The molecule has 0 unspecified atom stereocenters. The highest BCUT2D eigenvalue weighted by atomic mass is 16.2. The maximum absolute atomic E-state index is 12.6. The summed E-state index contributed by atoms with van der Waals surface area (Å²) in [6.07, 6.45) is 7.16. The maximum Gasteiger partial charge on any atom is 0.240 e. The zero-order valence-corrected chi connectivity index (χ0v) is 15.3. The Balaban J connectivity index is 1.42. The van der Waals surface area contributed by atoms with Gasteiger partial charge in [-0.15, -0.1) is 0 Å². The second-order valence-electron chi connectivity index (χ2n) is 7.12. The van der Waals surface area contributed by atoms with E-state index in [1.165, 1.54) is 0 Å². The van der Waals surface area contributed by atoms with Crippen LogP contribution >= 0.6 is 0 Å². The minimum Gasteiger partial charge on any atom is -0.352 e. The molecule has 0 saturated heterocycles. The van der Waals surface area contributed by atoms with E-state index in [0.717, 1.165) is 42.3 Å². The summed E-state index contributed by atoms with van der Waals surface area (Å²) in [6, 6.07) is 10.6. The average Bonchev–Trinajstić information content (AvgIpc) is 3.30. The lowest BCUT2D eigenvalue weighted by Crippen LogP contribution is -2.39. The van der Waals surface area contributed by atoms with Gasteiger partial charge in [0.05, 0.1) is 17.1 Å². The van der Waals surface area contributed by atoms with Gasteiger partial charge in [-0.1, -0.05) is 18.2 Å². The molecule has 3 aromatic rings. The fourth-order valence-electron chi connectivity index (χ4n) is 4.08. The Kier molecular flexibility index (Phi) is 4.63. The van der Waals surface area contributed by atoms with Crippen molar-refractivity contribution in [1.29, 1.82) is 5.26 Å². The van der Waals surface area contributed by atoms with Crippen LogP contribution in [0.5, 0.6) is 0 Å². The molecule has 0 atom stereocenters. The van der Waals surface area contributed by atoms with E-state index in [1.807, 2.05) is 40.4 Å². The minimum absolute atomic E-state index is 0.00690. The third-order valence-electron chi connectivity index (χ3n) is 5.52. The van der Waals surface area contributed by atoms with Crippen molar-refractivity contribution in [1.82, 2.24) is 24.6 Å². The highest BCUT2D eigenvalue weighted by molar-refractivity contribution is 5.89. The second kappa shape index (κ2) is 7.23. The van der Waals surface area contributed by atoms with Crippen LogP contribution in [-0.4, -0.2) is 31.3 Å². The summed E-state index contributed by atoms with van der Waals surface area (Å²) < 4.78 is 3.85. The average molecular weight is 362 g/mol. The molecule has 2 heterocycles. The van der Waals surface area contributed by atoms with E-state index >= 15 is 0 Å². The van der Waals surface area contributed by atoms with Crippen LogP contribution in [0.25, 0.3) is 10.9 Å². The first kappa shape index (κ1) is 17.3. The molecule has 2 aromatic heterocycles. The molecule has 27 heavy (non-hydrogen) atoms. The zero-order chi connectivity index (χ0) is 18.8. The Labute approximate surface area is 157 Å². The van der Waals surface area contributed by atoms with Gasteiger partial charge in [0.25, 0.3) is 0 Å². The summed E-state index contributed by atoms with van der Waals surface area (Å²) >= 11 is 0. The molecule has 1 saturated carbocycles. The minimum atomic E-state index is -0.00690. The fourth-order valence-corrected chi connectivity index (χ4v) is 4.08. The summed E-state index contributed by atoms with van der Waals surface area (Å²) in [4.78, 5) is 16.7. The number of para-hydroxylation sites is 1. The van der Waals surface area contributed by atoms with Gasteiger partial charge in [0, 0.05) is 17.1 Å². The Bertz CT molecular complexity index is 990. The Morgan fingerprint density at radius 1 is 1.30 bits per heavy atom. The molecule has 0 radical (unpaired) electrons. The lowest BCUT2D eigenvalue weighted by molar-refractivity contribution is -0.122. The monoisotopic (exact) mass is 362 g/mol. The Hall–Kier alpha value is -3.14. The van der Waals surface area contributed by atoms with E-state index in [1.54, 1.807) is 12.7 Å². The number of rotatable bonds is 4. The smallest absolute Gasteiger partial charge is 0.240 e. The molecule has 1 aliphatic carbocycles. The van der Waals surface area contributed by atoms with Gasteiger partial charge in [0.2, 0.25) is 5.91 Å². The van der Waals surface area contributed by atoms with Gasteiger partial charge in [-0.05, 0) is 38.7 Å². The molecular weight excluding hydrogens is 340 g/mol. The molecular formula is C20H22N6O. The van der Waals surface area contributed by atoms with E-state index in [0.29, 0.717) is 11.6 Å². The molecule has 7 heteroatoms. The van der Waals surface area contributed by atoms with Crippen LogP contribution < -0.4 is 5.32 Å². The summed E-state index contributed by atoms with van der Waals surface area (Å²) in [5, 5.41) is 17.7. The Morgan fingerprint density at radius 3 is 2.78 bits per heavy atom. The first-order chi connectivity index (χ1) is 13.2. The van der Waals surface area contributed by atoms with Crippen molar-refractivity contribution >= 4 is 16.8 Å². The van der Waals surface area contributed by atoms with Gasteiger partial charge in [-0.2, -0.15) is 10.4 Å². The molecule has 0 aliphatic heterocycles. The van der Waals surface area contributed by atoms with Crippen molar-refractivity contribution in [3.8, 4) is 6.07 Å². The number of amides is 1.